The number of nitrogens with one attached hydrogen (secondary N) is 1. The van der Waals surface area contributed by atoms with Crippen molar-refractivity contribution in [2.24, 2.45) is 0 Å². The maximum atomic E-state index is 6.17. The van der Waals surface area contributed by atoms with Crippen LogP contribution in [0.2, 0.25) is 5.02 Å². The first kappa shape index (κ1) is 14.2. The molecule has 1 aromatic carbocycles. The summed E-state index contributed by atoms with van der Waals surface area (Å²) in [5, 5.41) is 4.23. The van der Waals surface area contributed by atoms with Crippen LogP contribution in [0.5, 0.6) is 0 Å². The Kier molecular flexibility index (Phi) is 4.49. The third-order valence-electron chi connectivity index (χ3n) is 4.40. The highest BCUT2D eigenvalue weighted by molar-refractivity contribution is 6.30. The molecule has 4 heteroatoms. The Labute approximate surface area is 126 Å². The molecule has 2 unspecified atom stereocenters. The highest BCUT2D eigenvalue weighted by atomic mass is 35.5. The average molecular weight is 295 g/mol. The zero-order valence-corrected chi connectivity index (χ0v) is 12.8. The maximum absolute atomic E-state index is 6.17. The lowest BCUT2D eigenvalue weighted by molar-refractivity contribution is 0.0256. The largest absolute Gasteiger partial charge is 0.374 e. The molecule has 0 spiro atoms. The van der Waals surface area contributed by atoms with Crippen molar-refractivity contribution in [2.75, 3.05) is 24.6 Å². The zero-order chi connectivity index (χ0) is 13.9. The topological polar surface area (TPSA) is 24.5 Å². The molecule has 3 rings (SSSR count). The van der Waals surface area contributed by atoms with E-state index in [9.17, 15) is 0 Å². The van der Waals surface area contributed by atoms with Crippen LogP contribution in [0.3, 0.4) is 0 Å². The van der Waals surface area contributed by atoms with Gasteiger partial charge in [0.1, 0.15) is 0 Å². The van der Waals surface area contributed by atoms with Gasteiger partial charge >= 0.3 is 0 Å². The van der Waals surface area contributed by atoms with Crippen LogP contribution in [0.4, 0.5) is 5.69 Å². The van der Waals surface area contributed by atoms with E-state index < -0.39 is 0 Å². The Hall–Kier alpha value is -0.770. The van der Waals surface area contributed by atoms with Crippen LogP contribution in [0.25, 0.3) is 0 Å². The van der Waals surface area contributed by atoms with Gasteiger partial charge in [-0.1, -0.05) is 18.5 Å². The summed E-state index contributed by atoms with van der Waals surface area (Å²) in [5.74, 6) is 0. The molecule has 2 aliphatic rings. The number of fused-ring (bicyclic) bond motifs is 1. The van der Waals surface area contributed by atoms with Crippen LogP contribution in [0, 0.1) is 0 Å². The van der Waals surface area contributed by atoms with Gasteiger partial charge in [0.2, 0.25) is 0 Å². The molecule has 1 aromatic rings. The van der Waals surface area contributed by atoms with E-state index in [2.05, 4.69) is 29.3 Å². The number of nitrogens with zero attached hydrogens (tertiary/aromatic N) is 1. The number of rotatable bonds is 4. The van der Waals surface area contributed by atoms with Gasteiger partial charge < -0.3 is 15.0 Å². The van der Waals surface area contributed by atoms with Crippen LogP contribution < -0.4 is 10.2 Å². The molecule has 1 aliphatic carbocycles. The first-order chi connectivity index (χ1) is 9.79. The number of anilines is 1. The van der Waals surface area contributed by atoms with Gasteiger partial charge in [-0.3, -0.25) is 0 Å². The van der Waals surface area contributed by atoms with Crippen molar-refractivity contribution in [2.45, 2.75) is 44.9 Å². The molecule has 1 N–H and O–H groups in total. The van der Waals surface area contributed by atoms with E-state index in [0.29, 0.717) is 12.1 Å². The number of ether oxygens (including phenoxy) is 1. The van der Waals surface area contributed by atoms with Gasteiger partial charge in [-0.2, -0.15) is 0 Å². The van der Waals surface area contributed by atoms with Crippen LogP contribution in [-0.4, -0.2) is 31.8 Å². The minimum atomic E-state index is 0.423. The third-order valence-corrected chi connectivity index (χ3v) is 4.63. The molecule has 0 aromatic heterocycles. The van der Waals surface area contributed by atoms with Crippen LogP contribution in [-0.2, 0) is 11.3 Å². The fraction of sp³-hybridized carbons (Fsp3) is 0.625. The standard InChI is InChI=1S/C16H23ClN2O/c1-2-18-11-12-10-13(17)6-7-14(12)19-8-9-20-16-5-3-4-15(16)19/h6-7,10,15-16,18H,2-5,8-9,11H2,1H3. The molecule has 1 saturated carbocycles. The van der Waals surface area contributed by atoms with E-state index in [-0.39, 0.29) is 0 Å². The molecule has 1 saturated heterocycles. The summed E-state index contributed by atoms with van der Waals surface area (Å²) < 4.78 is 5.91. The van der Waals surface area contributed by atoms with Gasteiger partial charge in [-0.25, -0.2) is 0 Å². The van der Waals surface area contributed by atoms with Crippen molar-refractivity contribution in [3.05, 3.63) is 28.8 Å². The Morgan fingerprint density at radius 2 is 2.30 bits per heavy atom. The van der Waals surface area contributed by atoms with E-state index in [1.54, 1.807) is 0 Å². The van der Waals surface area contributed by atoms with Crippen LogP contribution in [0.15, 0.2) is 18.2 Å². The summed E-state index contributed by atoms with van der Waals surface area (Å²) >= 11 is 6.17. The summed E-state index contributed by atoms with van der Waals surface area (Å²) in [6.45, 7) is 5.81. The summed E-state index contributed by atoms with van der Waals surface area (Å²) in [5.41, 5.74) is 2.63. The second-order valence-electron chi connectivity index (χ2n) is 5.65. The number of halogens is 1. The molecular formula is C16H23ClN2O. The summed E-state index contributed by atoms with van der Waals surface area (Å²) in [4.78, 5) is 2.55. The minimum absolute atomic E-state index is 0.423. The maximum Gasteiger partial charge on any atom is 0.0779 e. The van der Waals surface area contributed by atoms with Crippen molar-refractivity contribution < 1.29 is 4.74 Å². The molecule has 3 nitrogen and oxygen atoms in total. The average Bonchev–Trinajstić information content (AvgIpc) is 2.94. The van der Waals surface area contributed by atoms with Gasteiger partial charge in [0.25, 0.3) is 0 Å². The van der Waals surface area contributed by atoms with Gasteiger partial charge in [0, 0.05) is 23.8 Å². The second kappa shape index (κ2) is 6.33. The smallest absolute Gasteiger partial charge is 0.0779 e. The number of benzene rings is 1. The van der Waals surface area contributed by atoms with Crippen molar-refractivity contribution in [1.82, 2.24) is 5.32 Å². The normalized spacial score (nSPS) is 25.8. The van der Waals surface area contributed by atoms with Crippen molar-refractivity contribution in [1.29, 1.82) is 0 Å². The highest BCUT2D eigenvalue weighted by Gasteiger charge is 2.36. The predicted molar refractivity (Wildman–Crippen MR) is 83.6 cm³/mol. The number of morpholine rings is 1. The lowest BCUT2D eigenvalue weighted by atomic mass is 10.1. The second-order valence-corrected chi connectivity index (χ2v) is 6.09. The number of hydrogen-bond acceptors (Lipinski definition) is 3. The SMILES string of the molecule is CCNCc1cc(Cl)ccc1N1CCOC2CCCC21. The van der Waals surface area contributed by atoms with Gasteiger partial charge in [-0.05, 0) is 49.6 Å². The van der Waals surface area contributed by atoms with E-state index >= 15 is 0 Å². The lowest BCUT2D eigenvalue weighted by Gasteiger charge is -2.40. The summed E-state index contributed by atoms with van der Waals surface area (Å²) in [6, 6.07) is 6.82. The monoisotopic (exact) mass is 294 g/mol. The molecule has 110 valence electrons. The zero-order valence-electron chi connectivity index (χ0n) is 12.1. The molecule has 1 aliphatic heterocycles. The fourth-order valence-corrected chi connectivity index (χ4v) is 3.65. The van der Waals surface area contributed by atoms with Crippen LogP contribution >= 0.6 is 11.6 Å². The molecule has 20 heavy (non-hydrogen) atoms. The van der Waals surface area contributed by atoms with Crippen LogP contribution in [0.1, 0.15) is 31.7 Å². The third kappa shape index (κ3) is 2.80. The molecule has 2 fully saturated rings. The van der Waals surface area contributed by atoms with Gasteiger partial charge in [0.15, 0.2) is 0 Å². The quantitative estimate of drug-likeness (QED) is 0.923. The first-order valence-electron chi connectivity index (χ1n) is 7.67. The Bertz CT molecular complexity index is 466. The Morgan fingerprint density at radius 3 is 3.15 bits per heavy atom. The van der Waals surface area contributed by atoms with Gasteiger partial charge in [-0.15, -0.1) is 0 Å². The number of hydrogen-bond donors (Lipinski definition) is 1. The Balaban J connectivity index is 1.87. The van der Waals surface area contributed by atoms with E-state index in [4.69, 9.17) is 16.3 Å². The molecule has 0 radical (unpaired) electrons. The minimum Gasteiger partial charge on any atom is -0.374 e. The van der Waals surface area contributed by atoms with E-state index in [1.807, 2.05) is 6.07 Å². The fourth-order valence-electron chi connectivity index (χ4n) is 3.46. The lowest BCUT2D eigenvalue weighted by Crippen LogP contribution is -2.49. The Morgan fingerprint density at radius 1 is 1.40 bits per heavy atom. The summed E-state index contributed by atoms with van der Waals surface area (Å²) in [7, 11) is 0. The van der Waals surface area contributed by atoms with E-state index in [0.717, 1.165) is 31.3 Å². The van der Waals surface area contributed by atoms with Crippen molar-refractivity contribution >= 4 is 17.3 Å². The molecule has 1 heterocycles. The van der Waals surface area contributed by atoms with Crippen molar-refractivity contribution in [3.8, 4) is 0 Å². The molecule has 0 amide bonds. The molecule has 2 atom stereocenters. The molecular weight excluding hydrogens is 272 g/mol. The first-order valence-corrected chi connectivity index (χ1v) is 8.04. The molecule has 0 bridgehead atoms. The predicted octanol–water partition coefficient (Wildman–Crippen LogP) is 3.21. The van der Waals surface area contributed by atoms with E-state index in [1.165, 1.54) is 30.5 Å². The van der Waals surface area contributed by atoms with Crippen molar-refractivity contribution in [3.63, 3.8) is 0 Å². The summed E-state index contributed by atoms with van der Waals surface area (Å²) in [6.07, 6.45) is 4.15. The highest BCUT2D eigenvalue weighted by Crippen LogP contribution is 2.35. The van der Waals surface area contributed by atoms with Gasteiger partial charge in [0.05, 0.1) is 18.8 Å².